The fraction of sp³-hybridized carbons (Fsp3) is 0.294. The van der Waals surface area contributed by atoms with Gasteiger partial charge in [-0.05, 0) is 37.4 Å². The minimum Gasteiger partial charge on any atom is -0.368 e. The van der Waals surface area contributed by atoms with Crippen LogP contribution in [0.3, 0.4) is 0 Å². The predicted octanol–water partition coefficient (Wildman–Crippen LogP) is 3.65. The summed E-state index contributed by atoms with van der Waals surface area (Å²) in [5.41, 5.74) is 2.13. The first-order valence-corrected chi connectivity index (χ1v) is 6.71. The lowest BCUT2D eigenvalue weighted by atomic mass is 10.1. The maximum Gasteiger partial charge on any atom is 0.123 e. The smallest absolute Gasteiger partial charge is 0.123 e. The van der Waals surface area contributed by atoms with Crippen molar-refractivity contribution in [2.45, 2.75) is 12.7 Å². The van der Waals surface area contributed by atoms with E-state index in [1.165, 1.54) is 12.1 Å². The average molecular weight is 273 g/mol. The highest BCUT2D eigenvalue weighted by Crippen LogP contribution is 2.19. The quantitative estimate of drug-likeness (QED) is 0.796. The van der Waals surface area contributed by atoms with Crippen molar-refractivity contribution in [2.24, 2.45) is 0 Å². The van der Waals surface area contributed by atoms with Crippen molar-refractivity contribution in [3.05, 3.63) is 71.5 Å². The molecule has 0 aliphatic heterocycles. The molecule has 0 amide bonds. The summed E-state index contributed by atoms with van der Waals surface area (Å²) in [4.78, 5) is 2.10. The Labute approximate surface area is 119 Å². The summed E-state index contributed by atoms with van der Waals surface area (Å²) in [6.45, 7) is 1.29. The fourth-order valence-electron chi connectivity index (χ4n) is 2.03. The molecular formula is C17H20FNO. The minimum absolute atomic E-state index is 0.0104. The zero-order chi connectivity index (χ0) is 14.4. The molecule has 0 spiro atoms. The van der Waals surface area contributed by atoms with Gasteiger partial charge in [0.1, 0.15) is 5.82 Å². The molecule has 0 heterocycles. The first-order valence-electron chi connectivity index (χ1n) is 6.71. The van der Waals surface area contributed by atoms with Crippen LogP contribution in [0.5, 0.6) is 0 Å². The maximum absolute atomic E-state index is 12.9. The first kappa shape index (κ1) is 14.7. The van der Waals surface area contributed by atoms with E-state index in [9.17, 15) is 4.39 Å². The summed E-state index contributed by atoms with van der Waals surface area (Å²) in [5, 5.41) is 0. The summed E-state index contributed by atoms with van der Waals surface area (Å²) < 4.78 is 18.9. The highest BCUT2D eigenvalue weighted by Gasteiger charge is 2.13. The van der Waals surface area contributed by atoms with Gasteiger partial charge in [-0.25, -0.2) is 4.39 Å². The summed E-state index contributed by atoms with van der Waals surface area (Å²) >= 11 is 0. The van der Waals surface area contributed by atoms with Crippen LogP contribution in [0.15, 0.2) is 54.6 Å². The Balaban J connectivity index is 2.03. The van der Waals surface area contributed by atoms with Crippen LogP contribution in [0.25, 0.3) is 0 Å². The number of likely N-dealkylation sites (N-methyl/N-ethyl adjacent to an activating group) is 1. The lowest BCUT2D eigenvalue weighted by Crippen LogP contribution is -2.22. The van der Waals surface area contributed by atoms with E-state index in [1.807, 2.05) is 32.3 Å². The van der Waals surface area contributed by atoms with Gasteiger partial charge in [0.05, 0.1) is 12.7 Å². The topological polar surface area (TPSA) is 12.5 Å². The standard InChI is InChI=1S/C17H20FNO/c1-19(2)12-17(15-6-4-3-5-7-15)20-13-14-8-10-16(18)11-9-14/h3-11,17H,12-13H2,1-2H3. The molecule has 0 aromatic heterocycles. The third-order valence-electron chi connectivity index (χ3n) is 3.07. The molecule has 0 fully saturated rings. The van der Waals surface area contributed by atoms with Gasteiger partial charge >= 0.3 is 0 Å². The van der Waals surface area contributed by atoms with Crippen molar-refractivity contribution >= 4 is 0 Å². The molecule has 0 radical (unpaired) electrons. The van der Waals surface area contributed by atoms with E-state index in [1.54, 1.807) is 12.1 Å². The highest BCUT2D eigenvalue weighted by molar-refractivity contribution is 5.19. The number of nitrogens with zero attached hydrogens (tertiary/aromatic N) is 1. The Hall–Kier alpha value is -1.71. The van der Waals surface area contributed by atoms with Crippen molar-refractivity contribution in [2.75, 3.05) is 20.6 Å². The molecular weight excluding hydrogens is 253 g/mol. The SMILES string of the molecule is CN(C)CC(OCc1ccc(F)cc1)c1ccccc1. The van der Waals surface area contributed by atoms with Crippen LogP contribution in [-0.2, 0) is 11.3 Å². The number of hydrogen-bond donors (Lipinski definition) is 0. The summed E-state index contributed by atoms with van der Waals surface area (Å²) in [6.07, 6.45) is 0.0104. The van der Waals surface area contributed by atoms with Crippen molar-refractivity contribution in [1.29, 1.82) is 0 Å². The van der Waals surface area contributed by atoms with Crippen LogP contribution < -0.4 is 0 Å². The Kier molecular flexibility index (Phi) is 5.27. The van der Waals surface area contributed by atoms with Crippen LogP contribution in [-0.4, -0.2) is 25.5 Å². The van der Waals surface area contributed by atoms with Gasteiger partial charge in [-0.15, -0.1) is 0 Å². The zero-order valence-corrected chi connectivity index (χ0v) is 11.9. The predicted molar refractivity (Wildman–Crippen MR) is 78.9 cm³/mol. The lowest BCUT2D eigenvalue weighted by Gasteiger charge is -2.22. The monoisotopic (exact) mass is 273 g/mol. The van der Waals surface area contributed by atoms with Gasteiger partial charge in [0.25, 0.3) is 0 Å². The molecule has 0 aliphatic rings. The van der Waals surface area contributed by atoms with E-state index in [-0.39, 0.29) is 11.9 Å². The highest BCUT2D eigenvalue weighted by atomic mass is 19.1. The van der Waals surface area contributed by atoms with Crippen LogP contribution in [0.2, 0.25) is 0 Å². The molecule has 106 valence electrons. The molecule has 1 unspecified atom stereocenters. The van der Waals surface area contributed by atoms with Crippen LogP contribution in [0, 0.1) is 5.82 Å². The Bertz CT molecular complexity index is 510. The van der Waals surface area contributed by atoms with E-state index in [4.69, 9.17) is 4.74 Å². The van der Waals surface area contributed by atoms with Crippen LogP contribution in [0.1, 0.15) is 17.2 Å². The lowest BCUT2D eigenvalue weighted by molar-refractivity contribution is 0.0230. The summed E-state index contributed by atoms with van der Waals surface area (Å²) in [7, 11) is 4.05. The first-order chi connectivity index (χ1) is 9.65. The number of halogens is 1. The minimum atomic E-state index is -0.221. The molecule has 0 saturated carbocycles. The molecule has 20 heavy (non-hydrogen) atoms. The second kappa shape index (κ2) is 7.17. The zero-order valence-electron chi connectivity index (χ0n) is 11.9. The number of ether oxygens (including phenoxy) is 1. The molecule has 0 N–H and O–H groups in total. The molecule has 3 heteroatoms. The molecule has 0 bridgehead atoms. The average Bonchev–Trinajstić information content (AvgIpc) is 2.46. The molecule has 0 saturated heterocycles. The normalized spacial score (nSPS) is 12.6. The second-order valence-corrected chi connectivity index (χ2v) is 5.10. The Morgan fingerprint density at radius 3 is 2.25 bits per heavy atom. The van der Waals surface area contributed by atoms with Gasteiger partial charge in [-0.3, -0.25) is 0 Å². The largest absolute Gasteiger partial charge is 0.368 e. The van der Waals surface area contributed by atoms with Gasteiger partial charge in [-0.1, -0.05) is 42.5 Å². The van der Waals surface area contributed by atoms with Gasteiger partial charge in [-0.2, -0.15) is 0 Å². The molecule has 2 rings (SSSR count). The summed E-state index contributed by atoms with van der Waals surface area (Å²) in [5.74, 6) is -0.221. The Morgan fingerprint density at radius 1 is 1.00 bits per heavy atom. The molecule has 1 atom stereocenters. The van der Waals surface area contributed by atoms with Gasteiger partial charge < -0.3 is 9.64 Å². The summed E-state index contributed by atoms with van der Waals surface area (Å²) in [6, 6.07) is 16.6. The number of benzene rings is 2. The van der Waals surface area contributed by atoms with E-state index in [2.05, 4.69) is 17.0 Å². The van der Waals surface area contributed by atoms with Crippen LogP contribution >= 0.6 is 0 Å². The van der Waals surface area contributed by atoms with Crippen molar-refractivity contribution in [3.63, 3.8) is 0 Å². The van der Waals surface area contributed by atoms with E-state index in [0.29, 0.717) is 6.61 Å². The third-order valence-corrected chi connectivity index (χ3v) is 3.07. The Morgan fingerprint density at radius 2 is 1.65 bits per heavy atom. The van der Waals surface area contributed by atoms with Gasteiger partial charge in [0, 0.05) is 6.54 Å². The van der Waals surface area contributed by atoms with Gasteiger partial charge in [0.2, 0.25) is 0 Å². The van der Waals surface area contributed by atoms with Crippen molar-refractivity contribution in [1.82, 2.24) is 4.90 Å². The van der Waals surface area contributed by atoms with E-state index in [0.717, 1.165) is 17.7 Å². The van der Waals surface area contributed by atoms with Gasteiger partial charge in [0.15, 0.2) is 0 Å². The second-order valence-electron chi connectivity index (χ2n) is 5.10. The maximum atomic E-state index is 12.9. The van der Waals surface area contributed by atoms with Crippen molar-refractivity contribution in [3.8, 4) is 0 Å². The molecule has 2 aromatic carbocycles. The molecule has 2 nitrogen and oxygen atoms in total. The molecule has 2 aromatic rings. The fourth-order valence-corrected chi connectivity index (χ4v) is 2.03. The van der Waals surface area contributed by atoms with Crippen molar-refractivity contribution < 1.29 is 9.13 Å². The van der Waals surface area contributed by atoms with Crippen LogP contribution in [0.4, 0.5) is 4.39 Å². The van der Waals surface area contributed by atoms with E-state index < -0.39 is 0 Å². The molecule has 0 aliphatic carbocycles. The van der Waals surface area contributed by atoms with E-state index >= 15 is 0 Å². The number of rotatable bonds is 6. The third kappa shape index (κ3) is 4.44. The number of hydrogen-bond acceptors (Lipinski definition) is 2.